The van der Waals surface area contributed by atoms with Gasteiger partial charge in [0.05, 0.1) is 6.20 Å². The maximum Gasteiger partial charge on any atom is 0.352 e. The van der Waals surface area contributed by atoms with Crippen LogP contribution in [0.3, 0.4) is 0 Å². The van der Waals surface area contributed by atoms with E-state index in [1.54, 1.807) is 12.1 Å². The van der Waals surface area contributed by atoms with Crippen molar-refractivity contribution >= 4 is 23.4 Å². The second-order valence-electron chi connectivity index (χ2n) is 6.98. The van der Waals surface area contributed by atoms with E-state index in [1.165, 1.54) is 23.0 Å². The molecule has 158 valence electrons. The van der Waals surface area contributed by atoms with Crippen LogP contribution in [-0.2, 0) is 11.2 Å². The highest BCUT2D eigenvalue weighted by atomic mass is 19.1. The van der Waals surface area contributed by atoms with E-state index in [0.29, 0.717) is 11.8 Å². The highest BCUT2D eigenvalue weighted by Gasteiger charge is 2.30. The molecule has 2 heterocycles. The first-order valence-electron chi connectivity index (χ1n) is 9.52. The maximum absolute atomic E-state index is 14.4. The summed E-state index contributed by atoms with van der Waals surface area (Å²) in [5, 5.41) is 19.0. The van der Waals surface area contributed by atoms with Crippen molar-refractivity contribution in [3.8, 4) is 0 Å². The molecule has 9 heteroatoms. The lowest BCUT2D eigenvalue weighted by atomic mass is 10.0. The second kappa shape index (κ2) is 8.02. The molecule has 0 radical (unpaired) electrons. The average molecular weight is 424 g/mol. The van der Waals surface area contributed by atoms with Gasteiger partial charge in [-0.1, -0.05) is 25.1 Å². The zero-order chi connectivity index (χ0) is 22.1. The standard InChI is InChI=1S/C22H18F2N4O3/c1-2-12-3-6-14(7-4-12)26-21(29)16-11-25-28-19(10-18(22(30)31)27-20(16)28)15-8-5-13(23)9-17(15)24/h3-11,19,27H,2H2,1H3,(H,26,29)(H,30,31). The molecule has 1 aliphatic heterocycles. The van der Waals surface area contributed by atoms with Crippen LogP contribution in [0.5, 0.6) is 0 Å². The lowest BCUT2D eigenvalue weighted by molar-refractivity contribution is -0.132. The van der Waals surface area contributed by atoms with Gasteiger partial charge in [-0.15, -0.1) is 0 Å². The minimum atomic E-state index is -1.29. The van der Waals surface area contributed by atoms with Gasteiger partial charge in [0.15, 0.2) is 0 Å². The Morgan fingerprint density at radius 1 is 1.19 bits per heavy atom. The number of carboxylic acid groups (broad SMARTS) is 1. The molecule has 2 aromatic carbocycles. The number of carbonyl (C=O) groups is 2. The molecule has 3 N–H and O–H groups in total. The number of hydrogen-bond acceptors (Lipinski definition) is 4. The van der Waals surface area contributed by atoms with Crippen molar-refractivity contribution in [1.29, 1.82) is 0 Å². The molecule has 1 aromatic heterocycles. The third-order valence-electron chi connectivity index (χ3n) is 5.01. The third-order valence-corrected chi connectivity index (χ3v) is 5.01. The topological polar surface area (TPSA) is 96.3 Å². The highest BCUT2D eigenvalue weighted by molar-refractivity contribution is 6.08. The molecular weight excluding hydrogens is 406 g/mol. The fraction of sp³-hybridized carbons (Fsp3) is 0.136. The van der Waals surface area contributed by atoms with Gasteiger partial charge in [0, 0.05) is 17.3 Å². The van der Waals surface area contributed by atoms with Gasteiger partial charge in [-0.2, -0.15) is 5.10 Å². The number of carboxylic acids is 1. The summed E-state index contributed by atoms with van der Waals surface area (Å²) in [7, 11) is 0. The van der Waals surface area contributed by atoms with Gasteiger partial charge in [-0.25, -0.2) is 18.3 Å². The monoisotopic (exact) mass is 424 g/mol. The van der Waals surface area contributed by atoms with Crippen LogP contribution >= 0.6 is 0 Å². The molecule has 0 bridgehead atoms. The number of allylic oxidation sites excluding steroid dienone is 1. The molecule has 1 atom stereocenters. The molecular formula is C22H18F2N4O3. The molecule has 7 nitrogen and oxygen atoms in total. The smallest absolute Gasteiger partial charge is 0.352 e. The van der Waals surface area contributed by atoms with Crippen molar-refractivity contribution in [3.63, 3.8) is 0 Å². The fourth-order valence-electron chi connectivity index (χ4n) is 3.37. The summed E-state index contributed by atoms with van der Waals surface area (Å²) in [5.41, 5.74) is 1.53. The van der Waals surface area contributed by atoms with Crippen LogP contribution < -0.4 is 10.6 Å². The van der Waals surface area contributed by atoms with Crippen molar-refractivity contribution in [2.24, 2.45) is 0 Å². The van der Waals surface area contributed by atoms with E-state index in [0.717, 1.165) is 18.1 Å². The van der Waals surface area contributed by atoms with Crippen molar-refractivity contribution < 1.29 is 23.5 Å². The molecule has 0 spiro atoms. The summed E-state index contributed by atoms with van der Waals surface area (Å²) in [6.45, 7) is 2.02. The SMILES string of the molecule is CCc1ccc(NC(=O)c2cnn3c2NC(C(=O)O)=CC3c2ccc(F)cc2F)cc1. The zero-order valence-electron chi connectivity index (χ0n) is 16.4. The van der Waals surface area contributed by atoms with E-state index in [1.807, 2.05) is 19.1 Å². The maximum atomic E-state index is 14.4. The first-order valence-corrected chi connectivity index (χ1v) is 9.52. The number of nitrogens with one attached hydrogen (secondary N) is 2. The number of halogens is 2. The number of carbonyl (C=O) groups excluding carboxylic acids is 1. The van der Waals surface area contributed by atoms with Gasteiger partial charge in [0.1, 0.15) is 34.8 Å². The Morgan fingerprint density at radius 3 is 2.58 bits per heavy atom. The lowest BCUT2D eigenvalue weighted by Crippen LogP contribution is -2.26. The summed E-state index contributed by atoms with van der Waals surface area (Å²) in [4.78, 5) is 24.5. The van der Waals surface area contributed by atoms with Crippen LogP contribution in [0.25, 0.3) is 0 Å². The molecule has 1 amide bonds. The number of aromatic nitrogens is 2. The summed E-state index contributed by atoms with van der Waals surface area (Å²) < 4.78 is 29.0. The fourth-order valence-corrected chi connectivity index (χ4v) is 3.37. The van der Waals surface area contributed by atoms with E-state index in [-0.39, 0.29) is 22.6 Å². The Morgan fingerprint density at radius 2 is 1.94 bits per heavy atom. The van der Waals surface area contributed by atoms with Crippen LogP contribution in [0.1, 0.15) is 34.5 Å². The molecule has 3 aromatic rings. The normalized spacial score (nSPS) is 14.9. The molecule has 31 heavy (non-hydrogen) atoms. The highest BCUT2D eigenvalue weighted by Crippen LogP contribution is 2.33. The molecule has 0 saturated heterocycles. The summed E-state index contributed by atoms with van der Waals surface area (Å²) in [6.07, 6.45) is 3.38. The van der Waals surface area contributed by atoms with Gasteiger partial charge in [0.2, 0.25) is 0 Å². The van der Waals surface area contributed by atoms with Crippen molar-refractivity contribution in [1.82, 2.24) is 9.78 Å². The number of rotatable bonds is 5. The van der Waals surface area contributed by atoms with Gasteiger partial charge in [0.25, 0.3) is 5.91 Å². The molecule has 0 aliphatic carbocycles. The number of fused-ring (bicyclic) bond motifs is 1. The Balaban J connectivity index is 1.71. The van der Waals surface area contributed by atoms with Gasteiger partial charge in [-0.3, -0.25) is 4.79 Å². The minimum absolute atomic E-state index is 0.0214. The predicted octanol–water partition coefficient (Wildman–Crippen LogP) is 3.96. The van der Waals surface area contributed by atoms with Gasteiger partial charge in [-0.05, 0) is 36.3 Å². The number of nitrogens with zero attached hydrogens (tertiary/aromatic N) is 2. The lowest BCUT2D eigenvalue weighted by Gasteiger charge is -2.24. The average Bonchev–Trinajstić information content (AvgIpc) is 3.18. The van der Waals surface area contributed by atoms with Crippen molar-refractivity contribution in [2.75, 3.05) is 10.6 Å². The third kappa shape index (κ3) is 3.89. The Kier molecular flexibility index (Phi) is 5.24. The van der Waals surface area contributed by atoms with Crippen molar-refractivity contribution in [2.45, 2.75) is 19.4 Å². The Bertz CT molecular complexity index is 1200. The summed E-state index contributed by atoms with van der Waals surface area (Å²) in [6, 6.07) is 9.33. The Hall–Kier alpha value is -4.01. The van der Waals surface area contributed by atoms with Gasteiger partial charge < -0.3 is 15.7 Å². The minimum Gasteiger partial charge on any atom is -0.477 e. The van der Waals surface area contributed by atoms with Gasteiger partial charge >= 0.3 is 5.97 Å². The summed E-state index contributed by atoms with van der Waals surface area (Å²) in [5.74, 6) is -3.32. The first kappa shape index (κ1) is 20.3. The number of benzene rings is 2. The van der Waals surface area contributed by atoms with Crippen LogP contribution in [0.4, 0.5) is 20.3 Å². The number of amides is 1. The first-order chi connectivity index (χ1) is 14.9. The van der Waals surface area contributed by atoms with Crippen molar-refractivity contribution in [3.05, 3.63) is 88.8 Å². The number of anilines is 2. The largest absolute Gasteiger partial charge is 0.477 e. The number of hydrogen-bond donors (Lipinski definition) is 3. The quantitative estimate of drug-likeness (QED) is 0.576. The molecule has 0 fully saturated rings. The number of aryl methyl sites for hydroxylation is 1. The second-order valence-corrected chi connectivity index (χ2v) is 6.98. The summed E-state index contributed by atoms with van der Waals surface area (Å²) >= 11 is 0. The van der Waals surface area contributed by atoms with E-state index in [9.17, 15) is 23.5 Å². The van der Waals surface area contributed by atoms with E-state index in [2.05, 4.69) is 15.7 Å². The van der Waals surface area contributed by atoms with E-state index >= 15 is 0 Å². The zero-order valence-corrected chi connectivity index (χ0v) is 16.4. The van der Waals surface area contributed by atoms with Crippen LogP contribution in [-0.4, -0.2) is 26.8 Å². The van der Waals surface area contributed by atoms with Crippen LogP contribution in [0.15, 0.2) is 60.4 Å². The van der Waals surface area contributed by atoms with E-state index < -0.39 is 29.6 Å². The Labute approximate surface area is 176 Å². The van der Waals surface area contributed by atoms with Crippen LogP contribution in [0.2, 0.25) is 0 Å². The van der Waals surface area contributed by atoms with E-state index in [4.69, 9.17) is 0 Å². The molecule has 4 rings (SSSR count). The molecule has 1 aliphatic rings. The molecule has 0 saturated carbocycles. The number of aliphatic carboxylic acids is 1. The molecule has 1 unspecified atom stereocenters. The van der Waals surface area contributed by atoms with Crippen LogP contribution in [0, 0.1) is 11.6 Å². The predicted molar refractivity (Wildman–Crippen MR) is 110 cm³/mol.